The predicted octanol–water partition coefficient (Wildman–Crippen LogP) is 0.646. The van der Waals surface area contributed by atoms with Crippen molar-refractivity contribution in [3.05, 3.63) is 23.4 Å². The van der Waals surface area contributed by atoms with Crippen LogP contribution in [0, 0.1) is 6.92 Å². The molecule has 0 spiro atoms. The molecule has 0 radical (unpaired) electrons. The molecule has 0 aromatic carbocycles. The van der Waals surface area contributed by atoms with Crippen LogP contribution in [0.25, 0.3) is 0 Å². The van der Waals surface area contributed by atoms with Gasteiger partial charge < -0.3 is 11.5 Å². The van der Waals surface area contributed by atoms with Gasteiger partial charge in [-0.15, -0.1) is 0 Å². The average Bonchev–Trinajstić information content (AvgIpc) is 2.88. The number of Topliss-reactive ketones (excluding diaryl/α,β-unsaturated/α-hetero) is 1. The van der Waals surface area contributed by atoms with Crippen molar-refractivity contribution in [3.63, 3.8) is 0 Å². The van der Waals surface area contributed by atoms with E-state index in [1.807, 2.05) is 6.92 Å². The van der Waals surface area contributed by atoms with Crippen molar-refractivity contribution < 1.29 is 4.79 Å². The lowest BCUT2D eigenvalue weighted by atomic mass is 10.0. The Labute approximate surface area is 82.3 Å². The number of pyridine rings is 1. The maximum absolute atomic E-state index is 11.9. The van der Waals surface area contributed by atoms with Crippen molar-refractivity contribution in [1.82, 2.24) is 4.98 Å². The van der Waals surface area contributed by atoms with Crippen LogP contribution in [0.2, 0.25) is 0 Å². The number of aromatic nitrogens is 1. The molecular formula is C10H13N3O. The number of rotatable bonds is 2. The van der Waals surface area contributed by atoms with Gasteiger partial charge in [0.2, 0.25) is 0 Å². The first-order valence-corrected chi connectivity index (χ1v) is 4.59. The molecule has 14 heavy (non-hydrogen) atoms. The molecule has 0 atom stereocenters. The van der Waals surface area contributed by atoms with Crippen LogP contribution >= 0.6 is 0 Å². The minimum Gasteiger partial charge on any atom is -0.383 e. The normalized spacial score (nSPS) is 17.9. The molecule has 0 unspecified atom stereocenters. The average molecular weight is 191 g/mol. The van der Waals surface area contributed by atoms with E-state index in [0.29, 0.717) is 5.56 Å². The highest BCUT2D eigenvalue weighted by molar-refractivity contribution is 6.08. The number of carbonyl (C=O) groups excluding carboxylic acids is 1. The van der Waals surface area contributed by atoms with Gasteiger partial charge in [-0.2, -0.15) is 0 Å². The Morgan fingerprint density at radius 3 is 2.79 bits per heavy atom. The van der Waals surface area contributed by atoms with E-state index < -0.39 is 5.54 Å². The SMILES string of the molecule is Cc1cnc(N)c(C(=O)C2(N)CC2)c1. The van der Waals surface area contributed by atoms with Gasteiger partial charge in [-0.25, -0.2) is 4.98 Å². The molecule has 4 N–H and O–H groups in total. The molecule has 1 aliphatic carbocycles. The summed E-state index contributed by atoms with van der Waals surface area (Å²) < 4.78 is 0. The second-order valence-electron chi connectivity index (χ2n) is 3.93. The Hall–Kier alpha value is -1.42. The molecule has 1 fully saturated rings. The van der Waals surface area contributed by atoms with Gasteiger partial charge in [-0.05, 0) is 31.4 Å². The van der Waals surface area contributed by atoms with E-state index in [-0.39, 0.29) is 11.6 Å². The van der Waals surface area contributed by atoms with Gasteiger partial charge in [0.05, 0.1) is 11.1 Å². The van der Waals surface area contributed by atoms with E-state index in [1.54, 1.807) is 12.3 Å². The van der Waals surface area contributed by atoms with Crippen molar-refractivity contribution in [3.8, 4) is 0 Å². The van der Waals surface area contributed by atoms with Gasteiger partial charge in [-0.3, -0.25) is 4.79 Å². The molecule has 4 heteroatoms. The Morgan fingerprint density at radius 2 is 2.21 bits per heavy atom. The molecular weight excluding hydrogens is 178 g/mol. The summed E-state index contributed by atoms with van der Waals surface area (Å²) in [6.07, 6.45) is 3.14. The van der Waals surface area contributed by atoms with Crippen LogP contribution in [0.4, 0.5) is 5.82 Å². The highest BCUT2D eigenvalue weighted by atomic mass is 16.1. The number of nitrogens with zero attached hydrogens (tertiary/aromatic N) is 1. The summed E-state index contributed by atoms with van der Waals surface area (Å²) >= 11 is 0. The first kappa shape index (κ1) is 9.15. The molecule has 0 aliphatic heterocycles. The first-order valence-electron chi connectivity index (χ1n) is 4.59. The van der Waals surface area contributed by atoms with Crippen molar-refractivity contribution in [2.45, 2.75) is 25.3 Å². The molecule has 1 aromatic rings. The Balaban J connectivity index is 2.40. The Bertz CT molecular complexity index is 396. The second kappa shape index (κ2) is 2.78. The van der Waals surface area contributed by atoms with E-state index in [0.717, 1.165) is 18.4 Å². The predicted molar refractivity (Wildman–Crippen MR) is 53.9 cm³/mol. The van der Waals surface area contributed by atoms with Crippen LogP contribution in [-0.4, -0.2) is 16.3 Å². The molecule has 4 nitrogen and oxygen atoms in total. The van der Waals surface area contributed by atoms with Crippen LogP contribution in [0.1, 0.15) is 28.8 Å². The topological polar surface area (TPSA) is 82.0 Å². The molecule has 1 aromatic heterocycles. The van der Waals surface area contributed by atoms with Gasteiger partial charge in [0.25, 0.3) is 0 Å². The fourth-order valence-electron chi connectivity index (χ4n) is 1.39. The summed E-state index contributed by atoms with van der Waals surface area (Å²) in [7, 11) is 0. The number of anilines is 1. The van der Waals surface area contributed by atoms with E-state index in [9.17, 15) is 4.79 Å². The van der Waals surface area contributed by atoms with E-state index in [4.69, 9.17) is 11.5 Å². The van der Waals surface area contributed by atoms with Crippen LogP contribution in [-0.2, 0) is 0 Å². The molecule has 2 rings (SSSR count). The molecule has 0 bridgehead atoms. The van der Waals surface area contributed by atoms with E-state index >= 15 is 0 Å². The van der Waals surface area contributed by atoms with Crippen molar-refractivity contribution in [2.24, 2.45) is 5.73 Å². The summed E-state index contributed by atoms with van der Waals surface area (Å²) in [6, 6.07) is 1.75. The minimum absolute atomic E-state index is 0.0776. The maximum Gasteiger partial charge on any atom is 0.186 e. The minimum atomic E-state index is -0.663. The third-order valence-corrected chi connectivity index (χ3v) is 2.54. The fourth-order valence-corrected chi connectivity index (χ4v) is 1.39. The summed E-state index contributed by atoms with van der Waals surface area (Å²) in [5, 5.41) is 0. The number of nitrogen functional groups attached to an aromatic ring is 1. The highest BCUT2D eigenvalue weighted by Gasteiger charge is 2.46. The highest BCUT2D eigenvalue weighted by Crippen LogP contribution is 2.36. The van der Waals surface area contributed by atoms with Gasteiger partial charge >= 0.3 is 0 Å². The van der Waals surface area contributed by atoms with Crippen LogP contribution in [0.3, 0.4) is 0 Å². The summed E-state index contributed by atoms with van der Waals surface area (Å²) in [5.41, 5.74) is 12.2. The number of hydrogen-bond donors (Lipinski definition) is 2. The zero-order valence-corrected chi connectivity index (χ0v) is 8.08. The lowest BCUT2D eigenvalue weighted by Gasteiger charge is -2.09. The third-order valence-electron chi connectivity index (χ3n) is 2.54. The largest absolute Gasteiger partial charge is 0.383 e. The van der Waals surface area contributed by atoms with Crippen LogP contribution in [0.5, 0.6) is 0 Å². The molecule has 0 saturated heterocycles. The number of aryl methyl sites for hydroxylation is 1. The number of hydrogen-bond acceptors (Lipinski definition) is 4. The maximum atomic E-state index is 11.9. The van der Waals surface area contributed by atoms with Crippen LogP contribution < -0.4 is 11.5 Å². The number of nitrogens with two attached hydrogens (primary N) is 2. The molecule has 1 aliphatic rings. The van der Waals surface area contributed by atoms with Gasteiger partial charge in [0, 0.05) is 6.20 Å². The smallest absolute Gasteiger partial charge is 0.186 e. The van der Waals surface area contributed by atoms with Gasteiger partial charge in [0.1, 0.15) is 5.82 Å². The summed E-state index contributed by atoms with van der Waals surface area (Å²) in [5.74, 6) is 0.198. The van der Waals surface area contributed by atoms with Crippen molar-refractivity contribution in [1.29, 1.82) is 0 Å². The van der Waals surface area contributed by atoms with Crippen molar-refractivity contribution in [2.75, 3.05) is 5.73 Å². The first-order chi connectivity index (χ1) is 6.53. The second-order valence-corrected chi connectivity index (χ2v) is 3.93. The zero-order valence-electron chi connectivity index (χ0n) is 8.08. The van der Waals surface area contributed by atoms with E-state index in [2.05, 4.69) is 4.98 Å². The summed E-state index contributed by atoms with van der Waals surface area (Å²) in [4.78, 5) is 15.8. The summed E-state index contributed by atoms with van der Waals surface area (Å²) in [6.45, 7) is 1.87. The zero-order chi connectivity index (χ0) is 10.3. The Kier molecular flexibility index (Phi) is 1.82. The quantitative estimate of drug-likeness (QED) is 0.672. The standard InChI is InChI=1S/C10H13N3O/c1-6-4-7(9(11)13-5-6)8(14)10(12)2-3-10/h4-5H,2-3,12H2,1H3,(H2,11,13). The number of carbonyl (C=O) groups is 1. The molecule has 74 valence electrons. The van der Waals surface area contributed by atoms with E-state index in [1.165, 1.54) is 0 Å². The van der Waals surface area contributed by atoms with Gasteiger partial charge in [-0.1, -0.05) is 0 Å². The molecule has 1 heterocycles. The fraction of sp³-hybridized carbons (Fsp3) is 0.400. The monoisotopic (exact) mass is 191 g/mol. The number of ketones is 1. The lowest BCUT2D eigenvalue weighted by molar-refractivity contribution is 0.0950. The lowest BCUT2D eigenvalue weighted by Crippen LogP contribution is -2.33. The van der Waals surface area contributed by atoms with Gasteiger partial charge in [0.15, 0.2) is 5.78 Å². The third kappa shape index (κ3) is 1.37. The van der Waals surface area contributed by atoms with Crippen molar-refractivity contribution >= 4 is 11.6 Å². The van der Waals surface area contributed by atoms with Crippen LogP contribution in [0.15, 0.2) is 12.3 Å². The molecule has 1 saturated carbocycles. The molecule has 0 amide bonds. The Morgan fingerprint density at radius 1 is 1.57 bits per heavy atom.